The Morgan fingerprint density at radius 1 is 1.50 bits per heavy atom. The van der Waals surface area contributed by atoms with Crippen molar-refractivity contribution in [2.45, 2.75) is 32.4 Å². The highest BCUT2D eigenvalue weighted by atomic mass is 16.3. The van der Waals surface area contributed by atoms with Gasteiger partial charge in [-0.15, -0.1) is 10.2 Å². The lowest BCUT2D eigenvalue weighted by atomic mass is 10.1. The number of tetrazole rings is 1. The molecular formula is C8H17N5O. The van der Waals surface area contributed by atoms with Gasteiger partial charge in [0.2, 0.25) is 5.82 Å². The van der Waals surface area contributed by atoms with Crippen LogP contribution in [-0.2, 0) is 5.54 Å². The Bertz CT molecular complexity index is 290. The van der Waals surface area contributed by atoms with Gasteiger partial charge in [-0.25, -0.2) is 0 Å². The molecule has 80 valence electrons. The summed E-state index contributed by atoms with van der Waals surface area (Å²) < 4.78 is 0. The van der Waals surface area contributed by atoms with Crippen molar-refractivity contribution in [2.24, 2.45) is 0 Å². The molecule has 1 aromatic heterocycles. The molecule has 1 unspecified atom stereocenters. The van der Waals surface area contributed by atoms with Crippen LogP contribution < -0.4 is 5.32 Å². The molecule has 2 N–H and O–H groups in total. The van der Waals surface area contributed by atoms with Crippen molar-refractivity contribution in [1.82, 2.24) is 25.5 Å². The van der Waals surface area contributed by atoms with Crippen molar-refractivity contribution in [1.29, 1.82) is 0 Å². The molecule has 0 saturated heterocycles. The first-order chi connectivity index (χ1) is 6.45. The topological polar surface area (TPSA) is 75.9 Å². The fourth-order valence-corrected chi connectivity index (χ4v) is 0.927. The smallest absolute Gasteiger partial charge is 0.204 e. The quantitative estimate of drug-likeness (QED) is 0.698. The first kappa shape index (κ1) is 11.1. The summed E-state index contributed by atoms with van der Waals surface area (Å²) in [6.45, 7) is 6.35. The summed E-state index contributed by atoms with van der Waals surface area (Å²) in [5.41, 5.74) is -0.204. The van der Waals surface area contributed by atoms with Crippen molar-refractivity contribution >= 4 is 0 Å². The zero-order valence-electron chi connectivity index (χ0n) is 9.02. The number of nitrogens with zero attached hydrogens (tertiary/aromatic N) is 4. The lowest BCUT2D eigenvalue weighted by molar-refractivity contribution is 0.166. The maximum Gasteiger partial charge on any atom is 0.204 e. The van der Waals surface area contributed by atoms with Gasteiger partial charge >= 0.3 is 0 Å². The molecule has 0 bridgehead atoms. The molecule has 14 heavy (non-hydrogen) atoms. The molecule has 6 nitrogen and oxygen atoms in total. The summed E-state index contributed by atoms with van der Waals surface area (Å²) >= 11 is 0. The molecule has 0 fully saturated rings. The second-order valence-electron chi connectivity index (χ2n) is 4.18. The van der Waals surface area contributed by atoms with Crippen LogP contribution in [-0.4, -0.2) is 38.9 Å². The Kier molecular flexibility index (Phi) is 3.17. The number of aliphatic hydroxyl groups excluding tert-OH is 1. The highest BCUT2D eigenvalue weighted by molar-refractivity contribution is 4.86. The van der Waals surface area contributed by atoms with E-state index in [9.17, 15) is 5.11 Å². The van der Waals surface area contributed by atoms with Crippen LogP contribution in [0.2, 0.25) is 0 Å². The van der Waals surface area contributed by atoms with Crippen LogP contribution in [0, 0.1) is 0 Å². The van der Waals surface area contributed by atoms with Crippen molar-refractivity contribution in [2.75, 3.05) is 13.6 Å². The fraction of sp³-hybridized carbons (Fsp3) is 0.875. The molecule has 0 aromatic carbocycles. The van der Waals surface area contributed by atoms with Crippen LogP contribution in [0.1, 0.15) is 32.7 Å². The Hall–Kier alpha value is -1.01. The number of hydrogen-bond acceptors (Lipinski definition) is 5. The van der Waals surface area contributed by atoms with Crippen LogP contribution >= 0.6 is 0 Å². The van der Waals surface area contributed by atoms with E-state index < -0.39 is 6.10 Å². The number of aromatic nitrogens is 4. The maximum atomic E-state index is 9.56. The zero-order valence-corrected chi connectivity index (χ0v) is 9.02. The third kappa shape index (κ3) is 2.49. The molecule has 0 aliphatic heterocycles. The van der Waals surface area contributed by atoms with E-state index in [1.54, 1.807) is 7.05 Å². The molecule has 0 amide bonds. The lowest BCUT2D eigenvalue weighted by Gasteiger charge is -2.15. The van der Waals surface area contributed by atoms with E-state index in [0.29, 0.717) is 12.4 Å². The summed E-state index contributed by atoms with van der Waals surface area (Å²) in [6, 6.07) is 0. The summed E-state index contributed by atoms with van der Waals surface area (Å²) in [5.74, 6) is 0.356. The molecule has 0 saturated carbocycles. The number of aliphatic hydroxyl groups is 1. The van der Waals surface area contributed by atoms with Gasteiger partial charge in [-0.2, -0.15) is 4.80 Å². The SMILES string of the molecule is CNCC(O)c1nnn(C(C)(C)C)n1. The van der Waals surface area contributed by atoms with E-state index in [2.05, 4.69) is 20.7 Å². The van der Waals surface area contributed by atoms with Crippen LogP contribution in [0.25, 0.3) is 0 Å². The lowest BCUT2D eigenvalue weighted by Crippen LogP contribution is -2.25. The molecule has 0 spiro atoms. The molecule has 6 heteroatoms. The van der Waals surface area contributed by atoms with Crippen molar-refractivity contribution in [3.05, 3.63) is 5.82 Å². The average Bonchev–Trinajstić information content (AvgIpc) is 2.51. The number of likely N-dealkylation sites (N-methyl/N-ethyl adjacent to an activating group) is 1. The Labute approximate surface area is 83.3 Å². The van der Waals surface area contributed by atoms with Crippen molar-refractivity contribution in [3.63, 3.8) is 0 Å². The van der Waals surface area contributed by atoms with Gasteiger partial charge in [0.25, 0.3) is 0 Å². The second-order valence-corrected chi connectivity index (χ2v) is 4.18. The summed E-state index contributed by atoms with van der Waals surface area (Å²) in [4.78, 5) is 1.50. The van der Waals surface area contributed by atoms with Crippen LogP contribution in [0.15, 0.2) is 0 Å². The van der Waals surface area contributed by atoms with Gasteiger partial charge in [0, 0.05) is 6.54 Å². The molecular weight excluding hydrogens is 182 g/mol. The predicted molar refractivity (Wildman–Crippen MR) is 51.7 cm³/mol. The molecule has 1 heterocycles. The number of rotatable bonds is 3. The Morgan fingerprint density at radius 2 is 2.14 bits per heavy atom. The minimum Gasteiger partial charge on any atom is -0.384 e. The number of hydrogen-bond donors (Lipinski definition) is 2. The molecule has 1 aromatic rings. The van der Waals surface area contributed by atoms with Crippen LogP contribution in [0.5, 0.6) is 0 Å². The molecule has 1 rings (SSSR count). The monoisotopic (exact) mass is 199 g/mol. The molecule has 0 radical (unpaired) electrons. The van der Waals surface area contributed by atoms with Gasteiger partial charge in [-0.3, -0.25) is 0 Å². The first-order valence-corrected chi connectivity index (χ1v) is 4.58. The third-order valence-corrected chi connectivity index (χ3v) is 1.72. The van der Waals surface area contributed by atoms with E-state index >= 15 is 0 Å². The normalized spacial score (nSPS) is 14.4. The van der Waals surface area contributed by atoms with E-state index in [-0.39, 0.29) is 5.54 Å². The third-order valence-electron chi connectivity index (χ3n) is 1.72. The minimum absolute atomic E-state index is 0.204. The largest absolute Gasteiger partial charge is 0.384 e. The predicted octanol–water partition coefficient (Wildman–Crippen LogP) is -0.319. The summed E-state index contributed by atoms with van der Waals surface area (Å²) in [5, 5.41) is 24.2. The van der Waals surface area contributed by atoms with Crippen LogP contribution in [0.4, 0.5) is 0 Å². The second kappa shape index (κ2) is 4.02. The minimum atomic E-state index is -0.698. The van der Waals surface area contributed by atoms with E-state index in [0.717, 1.165) is 0 Å². The van der Waals surface area contributed by atoms with E-state index in [4.69, 9.17) is 0 Å². The van der Waals surface area contributed by atoms with Gasteiger partial charge < -0.3 is 10.4 Å². The van der Waals surface area contributed by atoms with Gasteiger partial charge in [-0.05, 0) is 33.0 Å². The van der Waals surface area contributed by atoms with E-state index in [1.807, 2.05) is 20.8 Å². The Morgan fingerprint density at radius 3 is 2.57 bits per heavy atom. The highest BCUT2D eigenvalue weighted by Crippen LogP contribution is 2.11. The summed E-state index contributed by atoms with van der Waals surface area (Å²) in [6.07, 6.45) is -0.698. The Balaban J connectivity index is 2.78. The fourth-order valence-electron chi connectivity index (χ4n) is 0.927. The van der Waals surface area contributed by atoms with Gasteiger partial charge in [0.05, 0.1) is 5.54 Å². The number of nitrogens with one attached hydrogen (secondary N) is 1. The standard InChI is InChI=1S/C8H17N5O/c1-8(2,3)13-11-7(10-12-13)6(14)5-9-4/h6,9,14H,5H2,1-4H3. The first-order valence-electron chi connectivity index (χ1n) is 4.58. The molecule has 1 atom stereocenters. The molecule has 0 aliphatic rings. The highest BCUT2D eigenvalue weighted by Gasteiger charge is 2.19. The van der Waals surface area contributed by atoms with Gasteiger partial charge in [0.15, 0.2) is 0 Å². The molecule has 0 aliphatic carbocycles. The van der Waals surface area contributed by atoms with Crippen molar-refractivity contribution in [3.8, 4) is 0 Å². The summed E-state index contributed by atoms with van der Waals surface area (Å²) in [7, 11) is 1.76. The van der Waals surface area contributed by atoms with Gasteiger partial charge in [0.1, 0.15) is 6.10 Å². The van der Waals surface area contributed by atoms with Crippen LogP contribution in [0.3, 0.4) is 0 Å². The maximum absolute atomic E-state index is 9.56. The average molecular weight is 199 g/mol. The van der Waals surface area contributed by atoms with Crippen molar-refractivity contribution < 1.29 is 5.11 Å². The van der Waals surface area contributed by atoms with E-state index in [1.165, 1.54) is 4.80 Å². The zero-order chi connectivity index (χ0) is 10.8. The van der Waals surface area contributed by atoms with Gasteiger partial charge in [-0.1, -0.05) is 0 Å².